The molecule has 0 unspecified atom stereocenters. The van der Waals surface area contributed by atoms with E-state index in [1.807, 2.05) is 36.3 Å². The normalized spacial score (nSPS) is 16.5. The van der Waals surface area contributed by atoms with Crippen molar-refractivity contribution in [2.75, 3.05) is 39.6 Å². The molecule has 234 valence electrons. The predicted molar refractivity (Wildman–Crippen MR) is 178 cm³/mol. The summed E-state index contributed by atoms with van der Waals surface area (Å²) in [5.74, 6) is 1.20. The number of fused-ring (bicyclic) bond motifs is 1. The van der Waals surface area contributed by atoms with Crippen LogP contribution in [-0.4, -0.2) is 61.0 Å². The summed E-state index contributed by atoms with van der Waals surface area (Å²) in [5, 5.41) is 6.63. The van der Waals surface area contributed by atoms with E-state index in [4.69, 9.17) is 9.72 Å². The van der Waals surface area contributed by atoms with Crippen LogP contribution in [0.5, 0.6) is 5.75 Å². The Morgan fingerprint density at radius 1 is 1.07 bits per heavy atom. The molecule has 8 heteroatoms. The number of carbonyl (C=O) groups excluding carboxylic acids is 1. The summed E-state index contributed by atoms with van der Waals surface area (Å²) < 4.78 is 21.5. The molecule has 1 amide bonds. The van der Waals surface area contributed by atoms with E-state index in [-0.39, 0.29) is 17.8 Å². The first-order valence-electron chi connectivity index (χ1n) is 15.7. The molecule has 0 spiro atoms. The van der Waals surface area contributed by atoms with Crippen LogP contribution in [0.2, 0.25) is 0 Å². The van der Waals surface area contributed by atoms with Gasteiger partial charge in [-0.3, -0.25) is 9.69 Å². The number of methoxy groups -OCH3 is 1. The van der Waals surface area contributed by atoms with Crippen LogP contribution in [-0.2, 0) is 24.3 Å². The van der Waals surface area contributed by atoms with Gasteiger partial charge in [0.05, 0.1) is 7.11 Å². The number of anilines is 2. The lowest BCUT2D eigenvalue weighted by Gasteiger charge is -2.27. The minimum atomic E-state index is -0.303. The number of likely N-dealkylation sites (N-methyl/N-ethyl adjacent to an activating group) is 2. The fraction of sp³-hybridized carbons (Fsp3) is 0.351. The Hall–Kier alpha value is -4.27. The molecule has 0 aliphatic carbocycles. The number of rotatable bonds is 9. The fourth-order valence-corrected chi connectivity index (χ4v) is 6.77. The maximum Gasteiger partial charge on any atom is 0.220 e. The van der Waals surface area contributed by atoms with Gasteiger partial charge in [-0.25, -0.2) is 9.37 Å². The lowest BCUT2D eigenvalue weighted by atomic mass is 9.90. The van der Waals surface area contributed by atoms with Crippen molar-refractivity contribution in [3.8, 4) is 28.0 Å². The molecule has 2 aliphatic rings. The van der Waals surface area contributed by atoms with Gasteiger partial charge in [-0.05, 0) is 104 Å². The second-order valence-electron chi connectivity index (χ2n) is 12.5. The van der Waals surface area contributed by atoms with Crippen LogP contribution in [0.15, 0.2) is 60.8 Å². The Bertz CT molecular complexity index is 1740. The number of halogens is 1. The lowest BCUT2D eigenvalue weighted by molar-refractivity contribution is -0.119. The van der Waals surface area contributed by atoms with Crippen molar-refractivity contribution in [3.63, 3.8) is 0 Å². The van der Waals surface area contributed by atoms with Gasteiger partial charge in [0.1, 0.15) is 17.4 Å². The van der Waals surface area contributed by atoms with Gasteiger partial charge in [-0.1, -0.05) is 30.3 Å². The summed E-state index contributed by atoms with van der Waals surface area (Å²) in [6, 6.07) is 18.3. The molecule has 0 saturated carbocycles. The highest BCUT2D eigenvalue weighted by Crippen LogP contribution is 2.39. The molecule has 1 aromatic heterocycles. The molecule has 45 heavy (non-hydrogen) atoms. The van der Waals surface area contributed by atoms with Gasteiger partial charge in [0.15, 0.2) is 0 Å². The van der Waals surface area contributed by atoms with E-state index in [9.17, 15) is 4.79 Å². The monoisotopic (exact) mass is 607 g/mol. The van der Waals surface area contributed by atoms with Gasteiger partial charge in [-0.2, -0.15) is 0 Å². The molecule has 1 saturated heterocycles. The van der Waals surface area contributed by atoms with Crippen molar-refractivity contribution in [1.82, 2.24) is 20.1 Å². The van der Waals surface area contributed by atoms with E-state index in [2.05, 4.69) is 66.8 Å². The van der Waals surface area contributed by atoms with Crippen LogP contribution >= 0.6 is 0 Å². The second kappa shape index (κ2) is 13.0. The number of amides is 1. The van der Waals surface area contributed by atoms with E-state index in [1.165, 1.54) is 11.1 Å². The number of nitrogens with zero attached hydrogens (tertiary/aromatic N) is 3. The third-order valence-corrected chi connectivity index (χ3v) is 9.29. The SMILES string of the molecule is COc1cc(-c2cccc(-c3cccc(Nc4nccc5c4CN(C)CC5)c3C)c2C)cc(F)c1CN(C)C[C@@H]1CCC(=O)N1. The molecule has 2 N–H and O–H groups in total. The molecule has 1 atom stereocenters. The van der Waals surface area contributed by atoms with Crippen LogP contribution in [0.3, 0.4) is 0 Å². The van der Waals surface area contributed by atoms with Crippen molar-refractivity contribution in [3.05, 3.63) is 94.4 Å². The Labute approximate surface area is 265 Å². The van der Waals surface area contributed by atoms with Crippen molar-refractivity contribution in [1.29, 1.82) is 0 Å². The molecule has 0 radical (unpaired) electrons. The summed E-state index contributed by atoms with van der Waals surface area (Å²) in [4.78, 5) is 20.7. The predicted octanol–water partition coefficient (Wildman–Crippen LogP) is 6.62. The number of aromatic nitrogens is 1. The third-order valence-electron chi connectivity index (χ3n) is 9.29. The van der Waals surface area contributed by atoms with Gasteiger partial charge in [0, 0.05) is 61.7 Å². The topological polar surface area (TPSA) is 69.7 Å². The first-order chi connectivity index (χ1) is 21.7. The summed E-state index contributed by atoms with van der Waals surface area (Å²) in [5.41, 5.74) is 10.3. The van der Waals surface area contributed by atoms with Gasteiger partial charge in [-0.15, -0.1) is 0 Å². The molecule has 0 bridgehead atoms. The summed E-state index contributed by atoms with van der Waals surface area (Å²) in [6.45, 7) is 7.20. The molecular weight excluding hydrogens is 565 g/mol. The number of benzene rings is 3. The Morgan fingerprint density at radius 3 is 2.58 bits per heavy atom. The minimum Gasteiger partial charge on any atom is -0.496 e. The molecule has 3 heterocycles. The number of hydrogen-bond donors (Lipinski definition) is 2. The Kier molecular flexibility index (Phi) is 8.88. The lowest BCUT2D eigenvalue weighted by Crippen LogP contribution is -2.36. The van der Waals surface area contributed by atoms with Gasteiger partial charge in [0.2, 0.25) is 5.91 Å². The van der Waals surface area contributed by atoms with E-state index in [1.54, 1.807) is 13.2 Å². The van der Waals surface area contributed by atoms with Crippen molar-refractivity contribution in [2.45, 2.75) is 52.2 Å². The van der Waals surface area contributed by atoms with E-state index < -0.39 is 0 Å². The third kappa shape index (κ3) is 6.44. The highest BCUT2D eigenvalue weighted by Gasteiger charge is 2.24. The average molecular weight is 608 g/mol. The van der Waals surface area contributed by atoms with Gasteiger partial charge >= 0.3 is 0 Å². The zero-order valence-corrected chi connectivity index (χ0v) is 26.8. The highest BCUT2D eigenvalue weighted by molar-refractivity contribution is 5.83. The number of ether oxygens (including phenoxy) is 1. The first-order valence-corrected chi connectivity index (χ1v) is 15.7. The smallest absolute Gasteiger partial charge is 0.220 e. The second-order valence-corrected chi connectivity index (χ2v) is 12.5. The first kappa shape index (κ1) is 30.7. The standard InChI is InChI=1S/C37H42FN5O2/c1-23-28(26-18-33(38)32(35(19-26)45-5)22-43(4)20-27-12-13-36(44)40-27)8-6-9-29(23)30-10-7-11-34(24(30)2)41-37-31-21-42(3)17-15-25(31)14-16-39-37/h6-11,14,16,18-19,27H,12-13,15,17,20-22H2,1-5H3,(H,39,41)(H,40,44)/t27-/m0/s1. The maximum absolute atomic E-state index is 15.7. The van der Waals surface area contributed by atoms with Crippen LogP contribution in [0.4, 0.5) is 15.9 Å². The van der Waals surface area contributed by atoms with Crippen molar-refractivity contribution < 1.29 is 13.9 Å². The Balaban J connectivity index is 1.28. The summed E-state index contributed by atoms with van der Waals surface area (Å²) >= 11 is 0. The fourth-order valence-electron chi connectivity index (χ4n) is 6.77. The number of carbonyl (C=O) groups is 1. The number of pyridine rings is 1. The molecule has 2 aliphatic heterocycles. The molecular formula is C37H42FN5O2. The number of nitrogens with one attached hydrogen (secondary N) is 2. The van der Waals surface area contributed by atoms with Crippen LogP contribution in [0.1, 0.15) is 40.7 Å². The maximum atomic E-state index is 15.7. The van der Waals surface area contributed by atoms with Crippen molar-refractivity contribution >= 4 is 17.4 Å². The van der Waals surface area contributed by atoms with Gasteiger partial charge < -0.3 is 20.3 Å². The van der Waals surface area contributed by atoms with E-state index in [0.29, 0.717) is 30.8 Å². The van der Waals surface area contributed by atoms with Gasteiger partial charge in [0.25, 0.3) is 0 Å². The largest absolute Gasteiger partial charge is 0.496 e. The molecule has 3 aromatic carbocycles. The zero-order valence-electron chi connectivity index (χ0n) is 26.8. The van der Waals surface area contributed by atoms with Crippen LogP contribution < -0.4 is 15.4 Å². The summed E-state index contributed by atoms with van der Waals surface area (Å²) in [7, 11) is 5.67. The van der Waals surface area contributed by atoms with E-state index in [0.717, 1.165) is 70.8 Å². The molecule has 4 aromatic rings. The Morgan fingerprint density at radius 2 is 1.82 bits per heavy atom. The minimum absolute atomic E-state index is 0.0806. The molecule has 1 fully saturated rings. The highest BCUT2D eigenvalue weighted by atomic mass is 19.1. The van der Waals surface area contributed by atoms with E-state index >= 15 is 4.39 Å². The van der Waals surface area contributed by atoms with Crippen LogP contribution in [0, 0.1) is 19.7 Å². The molecule has 7 nitrogen and oxygen atoms in total. The van der Waals surface area contributed by atoms with Crippen LogP contribution in [0.25, 0.3) is 22.3 Å². The van der Waals surface area contributed by atoms with Crippen molar-refractivity contribution in [2.24, 2.45) is 0 Å². The quantitative estimate of drug-likeness (QED) is 0.223. The zero-order chi connectivity index (χ0) is 31.7. The molecule has 6 rings (SSSR count). The summed E-state index contributed by atoms with van der Waals surface area (Å²) in [6.07, 6.45) is 4.27. The number of hydrogen-bond acceptors (Lipinski definition) is 6. The average Bonchev–Trinajstić information content (AvgIpc) is 3.43.